The molecule has 18 heavy (non-hydrogen) atoms. The van der Waals surface area contributed by atoms with Gasteiger partial charge in [-0.25, -0.2) is 0 Å². The first kappa shape index (κ1) is 13.5. The minimum absolute atomic E-state index is 0.452. The van der Waals surface area contributed by atoms with Gasteiger partial charge in [-0.2, -0.15) is 0 Å². The lowest BCUT2D eigenvalue weighted by Gasteiger charge is -2.26. The van der Waals surface area contributed by atoms with Crippen molar-refractivity contribution in [2.45, 2.75) is 58.4 Å². The molecule has 2 nitrogen and oxygen atoms in total. The van der Waals surface area contributed by atoms with Gasteiger partial charge >= 0.3 is 0 Å². The van der Waals surface area contributed by atoms with Crippen LogP contribution < -0.4 is 5.32 Å². The molecule has 0 radical (unpaired) electrons. The summed E-state index contributed by atoms with van der Waals surface area (Å²) in [7, 11) is 0. The molecule has 1 atom stereocenters. The molecule has 2 heteroatoms. The highest BCUT2D eigenvalue weighted by molar-refractivity contribution is 5.18. The number of pyridine rings is 1. The summed E-state index contributed by atoms with van der Waals surface area (Å²) in [6.07, 6.45) is 10.3. The zero-order valence-electron chi connectivity index (χ0n) is 11.8. The van der Waals surface area contributed by atoms with Gasteiger partial charge in [-0.05, 0) is 49.9 Å². The number of hydrogen-bond acceptors (Lipinski definition) is 2. The molecule has 0 bridgehead atoms. The fourth-order valence-corrected chi connectivity index (χ4v) is 3.11. The van der Waals surface area contributed by atoms with Gasteiger partial charge in [0.25, 0.3) is 0 Å². The predicted octanol–water partition coefficient (Wildman–Crippen LogP) is 4.01. The second-order valence-corrected chi connectivity index (χ2v) is 5.55. The van der Waals surface area contributed by atoms with Crippen LogP contribution in [0.4, 0.5) is 0 Å². The van der Waals surface area contributed by atoms with Crippen molar-refractivity contribution in [3.63, 3.8) is 0 Å². The summed E-state index contributed by atoms with van der Waals surface area (Å²) in [5, 5.41) is 3.66. The maximum Gasteiger partial charge on any atom is 0.0578 e. The van der Waals surface area contributed by atoms with Crippen molar-refractivity contribution in [3.05, 3.63) is 29.6 Å². The Morgan fingerprint density at radius 2 is 2.00 bits per heavy atom. The predicted molar refractivity (Wildman–Crippen MR) is 76.6 cm³/mol. The molecule has 1 aromatic heterocycles. The van der Waals surface area contributed by atoms with Crippen molar-refractivity contribution in [3.8, 4) is 0 Å². The Labute approximate surface area is 111 Å². The van der Waals surface area contributed by atoms with Gasteiger partial charge < -0.3 is 5.32 Å². The summed E-state index contributed by atoms with van der Waals surface area (Å²) < 4.78 is 0. The number of nitrogens with zero attached hydrogens (tertiary/aromatic N) is 1. The van der Waals surface area contributed by atoms with Crippen molar-refractivity contribution in [1.29, 1.82) is 0 Å². The third kappa shape index (κ3) is 3.55. The van der Waals surface area contributed by atoms with Crippen molar-refractivity contribution in [2.24, 2.45) is 5.92 Å². The molecule has 1 N–H and O–H groups in total. The molecule has 0 aromatic carbocycles. The molecule has 1 saturated carbocycles. The third-order valence-corrected chi connectivity index (χ3v) is 4.05. The highest BCUT2D eigenvalue weighted by Gasteiger charge is 2.24. The Morgan fingerprint density at radius 3 is 2.61 bits per heavy atom. The first-order valence-corrected chi connectivity index (χ1v) is 7.47. The van der Waals surface area contributed by atoms with E-state index >= 15 is 0 Å². The van der Waals surface area contributed by atoms with Gasteiger partial charge in [0.1, 0.15) is 0 Å². The van der Waals surface area contributed by atoms with Crippen molar-refractivity contribution < 1.29 is 0 Å². The average Bonchev–Trinajstić information content (AvgIpc) is 2.64. The Hall–Kier alpha value is -0.890. The summed E-state index contributed by atoms with van der Waals surface area (Å²) in [6.45, 7) is 5.37. The van der Waals surface area contributed by atoms with E-state index in [4.69, 9.17) is 0 Å². The van der Waals surface area contributed by atoms with E-state index in [0.717, 1.165) is 12.5 Å². The van der Waals surface area contributed by atoms with Crippen molar-refractivity contribution in [1.82, 2.24) is 10.3 Å². The third-order valence-electron chi connectivity index (χ3n) is 4.05. The lowest BCUT2D eigenvalue weighted by molar-refractivity contribution is 0.324. The molecule has 1 unspecified atom stereocenters. The zero-order valence-corrected chi connectivity index (χ0v) is 11.8. The summed E-state index contributed by atoms with van der Waals surface area (Å²) in [4.78, 5) is 4.60. The van der Waals surface area contributed by atoms with Crippen molar-refractivity contribution >= 4 is 0 Å². The molecular formula is C16H26N2. The highest BCUT2D eigenvalue weighted by Crippen LogP contribution is 2.32. The molecule has 0 saturated heterocycles. The SMILES string of the molecule is CCNC(c1cc(C)ccn1)C1CCCCCC1. The van der Waals surface area contributed by atoms with Crippen molar-refractivity contribution in [2.75, 3.05) is 6.54 Å². The molecule has 0 aliphatic heterocycles. The largest absolute Gasteiger partial charge is 0.309 e. The molecule has 1 aromatic rings. The lowest BCUT2D eigenvalue weighted by Crippen LogP contribution is -2.29. The fraction of sp³-hybridized carbons (Fsp3) is 0.688. The van der Waals surface area contributed by atoms with Gasteiger partial charge in [-0.1, -0.05) is 32.6 Å². The molecule has 1 fully saturated rings. The van der Waals surface area contributed by atoms with E-state index in [9.17, 15) is 0 Å². The summed E-state index contributed by atoms with van der Waals surface area (Å²) in [6, 6.07) is 4.78. The fourth-order valence-electron chi connectivity index (χ4n) is 3.11. The monoisotopic (exact) mass is 246 g/mol. The number of rotatable bonds is 4. The van der Waals surface area contributed by atoms with Crippen LogP contribution in [0, 0.1) is 12.8 Å². The van der Waals surface area contributed by atoms with Crippen LogP contribution >= 0.6 is 0 Å². The van der Waals surface area contributed by atoms with Gasteiger partial charge in [-0.3, -0.25) is 4.98 Å². The Bertz CT molecular complexity index is 354. The van der Waals surface area contributed by atoms with E-state index < -0.39 is 0 Å². The number of aryl methyl sites for hydroxylation is 1. The van der Waals surface area contributed by atoms with E-state index in [0.29, 0.717) is 6.04 Å². The molecule has 0 spiro atoms. The quantitative estimate of drug-likeness (QED) is 0.812. The molecule has 100 valence electrons. The van der Waals surface area contributed by atoms with E-state index in [1.54, 1.807) is 0 Å². The van der Waals surface area contributed by atoms with Crippen LogP contribution in [0.1, 0.15) is 62.7 Å². The second kappa shape index (κ2) is 6.89. The molecular weight excluding hydrogens is 220 g/mol. The highest BCUT2D eigenvalue weighted by atomic mass is 14.9. The van der Waals surface area contributed by atoms with Gasteiger partial charge in [0.15, 0.2) is 0 Å². The molecule has 1 aliphatic carbocycles. The van der Waals surface area contributed by atoms with E-state index in [1.165, 1.54) is 49.8 Å². The summed E-state index contributed by atoms with van der Waals surface area (Å²) in [5.41, 5.74) is 2.56. The topological polar surface area (TPSA) is 24.9 Å². The Morgan fingerprint density at radius 1 is 1.28 bits per heavy atom. The number of nitrogens with one attached hydrogen (secondary N) is 1. The van der Waals surface area contributed by atoms with E-state index in [-0.39, 0.29) is 0 Å². The smallest absolute Gasteiger partial charge is 0.0578 e. The standard InChI is InChI=1S/C16H26N2/c1-3-17-16(14-8-6-4-5-7-9-14)15-12-13(2)10-11-18-15/h10-12,14,16-17H,3-9H2,1-2H3. The van der Waals surface area contributed by atoms with Crippen LogP contribution in [0.5, 0.6) is 0 Å². The maximum absolute atomic E-state index is 4.60. The Balaban J connectivity index is 2.15. The van der Waals surface area contributed by atoms with Gasteiger partial charge in [0, 0.05) is 6.20 Å². The lowest BCUT2D eigenvalue weighted by atomic mass is 9.89. The molecule has 0 amide bonds. The van der Waals surface area contributed by atoms with Gasteiger partial charge in [0.05, 0.1) is 11.7 Å². The van der Waals surface area contributed by atoms with Crippen LogP contribution in [-0.2, 0) is 0 Å². The zero-order chi connectivity index (χ0) is 12.8. The minimum Gasteiger partial charge on any atom is -0.309 e. The van der Waals surface area contributed by atoms with Crippen LogP contribution in [-0.4, -0.2) is 11.5 Å². The van der Waals surface area contributed by atoms with Crippen LogP contribution in [0.25, 0.3) is 0 Å². The van der Waals surface area contributed by atoms with Gasteiger partial charge in [0.2, 0.25) is 0 Å². The number of hydrogen-bond donors (Lipinski definition) is 1. The first-order chi connectivity index (χ1) is 8.81. The van der Waals surface area contributed by atoms with E-state index in [2.05, 4.69) is 36.3 Å². The van der Waals surface area contributed by atoms with Crippen LogP contribution in [0.3, 0.4) is 0 Å². The molecule has 2 rings (SSSR count). The minimum atomic E-state index is 0.452. The van der Waals surface area contributed by atoms with Crippen LogP contribution in [0.15, 0.2) is 18.3 Å². The van der Waals surface area contributed by atoms with E-state index in [1.807, 2.05) is 6.20 Å². The number of aromatic nitrogens is 1. The molecule has 1 heterocycles. The average molecular weight is 246 g/mol. The van der Waals surface area contributed by atoms with Crippen LogP contribution in [0.2, 0.25) is 0 Å². The maximum atomic E-state index is 4.60. The second-order valence-electron chi connectivity index (χ2n) is 5.55. The summed E-state index contributed by atoms with van der Waals surface area (Å²) >= 11 is 0. The van der Waals surface area contributed by atoms with Gasteiger partial charge in [-0.15, -0.1) is 0 Å². The summed E-state index contributed by atoms with van der Waals surface area (Å²) in [5.74, 6) is 0.766. The molecule has 1 aliphatic rings. The first-order valence-electron chi connectivity index (χ1n) is 7.47. The normalized spacial score (nSPS) is 19.4. The Kier molecular flexibility index (Phi) is 5.18.